The summed E-state index contributed by atoms with van der Waals surface area (Å²) in [5.41, 5.74) is -0.0737. The van der Waals surface area contributed by atoms with Crippen molar-refractivity contribution in [2.75, 3.05) is 0 Å². The highest BCUT2D eigenvalue weighted by atomic mass is 79.9. The van der Waals surface area contributed by atoms with Crippen LogP contribution in [-0.4, -0.2) is 32.6 Å². The number of nitrogens with one attached hydrogen (secondary N) is 1. The molecule has 0 aliphatic carbocycles. The van der Waals surface area contributed by atoms with Crippen molar-refractivity contribution < 1.29 is 19.4 Å². The average Bonchev–Trinajstić information content (AvgIpc) is 2.53. The van der Waals surface area contributed by atoms with Crippen LogP contribution in [-0.2, 0) is 16.6 Å². The van der Waals surface area contributed by atoms with Crippen molar-refractivity contribution >= 4 is 28.0 Å². The first kappa shape index (κ1) is 16.5. The summed E-state index contributed by atoms with van der Waals surface area (Å²) >= 11 is 3.21. The third-order valence-corrected chi connectivity index (χ3v) is 2.70. The monoisotopic (exact) mass is 347 g/mol. The van der Waals surface area contributed by atoms with Crippen molar-refractivity contribution in [3.8, 4) is 0 Å². The average molecular weight is 348 g/mol. The minimum atomic E-state index is -1.02. The molecule has 1 rings (SSSR count). The Hall–Kier alpha value is -1.57. The van der Waals surface area contributed by atoms with Gasteiger partial charge >= 0.3 is 12.1 Å². The highest BCUT2D eigenvalue weighted by molar-refractivity contribution is 9.10. The van der Waals surface area contributed by atoms with Crippen molar-refractivity contribution in [1.29, 1.82) is 0 Å². The van der Waals surface area contributed by atoms with Gasteiger partial charge in [0.1, 0.15) is 10.2 Å². The minimum absolute atomic E-state index is 0.259. The molecule has 1 heterocycles. The van der Waals surface area contributed by atoms with Gasteiger partial charge < -0.3 is 15.2 Å². The fourth-order valence-electron chi connectivity index (χ4n) is 1.63. The van der Waals surface area contributed by atoms with Gasteiger partial charge in [0.05, 0.1) is 18.2 Å². The molecule has 0 spiro atoms. The summed E-state index contributed by atoms with van der Waals surface area (Å²) in [6, 6.07) is 0.941. The van der Waals surface area contributed by atoms with Gasteiger partial charge in [0.15, 0.2) is 0 Å². The highest BCUT2D eigenvalue weighted by Gasteiger charge is 2.24. The number of aromatic nitrogens is 2. The number of aryl methyl sites for hydroxylation is 1. The van der Waals surface area contributed by atoms with E-state index in [9.17, 15) is 9.59 Å². The largest absolute Gasteiger partial charge is 0.481 e. The zero-order valence-corrected chi connectivity index (χ0v) is 13.4. The Bertz CT molecular complexity index is 507. The summed E-state index contributed by atoms with van der Waals surface area (Å²) in [5.74, 6) is -1.02. The van der Waals surface area contributed by atoms with E-state index in [2.05, 4.69) is 26.3 Å². The van der Waals surface area contributed by atoms with Crippen LogP contribution in [0.3, 0.4) is 0 Å². The number of aliphatic carboxylic acids is 1. The van der Waals surface area contributed by atoms with E-state index in [1.807, 2.05) is 0 Å². The Morgan fingerprint density at radius 1 is 1.55 bits per heavy atom. The smallest absolute Gasteiger partial charge is 0.408 e. The number of alkyl carbamates (subject to hydrolysis) is 1. The lowest BCUT2D eigenvalue weighted by Crippen LogP contribution is -2.36. The Morgan fingerprint density at radius 2 is 2.15 bits per heavy atom. The van der Waals surface area contributed by atoms with E-state index in [0.717, 1.165) is 0 Å². The number of hydrogen-bond donors (Lipinski definition) is 2. The molecule has 1 aromatic heterocycles. The molecule has 8 heteroatoms. The fourth-order valence-corrected chi connectivity index (χ4v) is 2.10. The first-order valence-electron chi connectivity index (χ1n) is 5.99. The maximum atomic E-state index is 11.8. The Balaban J connectivity index is 2.88. The highest BCUT2D eigenvalue weighted by Crippen LogP contribution is 2.21. The second-order valence-electron chi connectivity index (χ2n) is 5.31. The van der Waals surface area contributed by atoms with Crippen LogP contribution in [0.25, 0.3) is 0 Å². The van der Waals surface area contributed by atoms with E-state index >= 15 is 0 Å². The molecular formula is C12H18BrN3O4. The maximum Gasteiger partial charge on any atom is 0.408 e. The lowest BCUT2D eigenvalue weighted by molar-refractivity contribution is -0.137. The van der Waals surface area contributed by atoms with Crippen LogP contribution in [0.5, 0.6) is 0 Å². The van der Waals surface area contributed by atoms with E-state index in [4.69, 9.17) is 9.84 Å². The Kier molecular flexibility index (Phi) is 5.15. The van der Waals surface area contributed by atoms with Gasteiger partial charge in [0.25, 0.3) is 0 Å². The number of halogens is 1. The standard InChI is InChI=1S/C12H18BrN3O4/c1-12(2,3)20-11(19)14-7(5-10(17)18)8-6-9(13)15-16(8)4/h6-7H,5H2,1-4H3,(H,14,19)(H,17,18). The van der Waals surface area contributed by atoms with E-state index in [0.29, 0.717) is 10.3 Å². The fraction of sp³-hybridized carbons (Fsp3) is 0.583. The molecule has 7 nitrogen and oxygen atoms in total. The SMILES string of the molecule is Cn1nc(Br)cc1C(CC(=O)O)NC(=O)OC(C)(C)C. The van der Waals surface area contributed by atoms with Crippen LogP contribution in [0.2, 0.25) is 0 Å². The molecule has 1 aromatic rings. The van der Waals surface area contributed by atoms with Crippen LogP contribution in [0.4, 0.5) is 4.79 Å². The molecule has 1 unspecified atom stereocenters. The predicted molar refractivity (Wildman–Crippen MR) is 75.3 cm³/mol. The maximum absolute atomic E-state index is 11.8. The molecule has 0 fully saturated rings. The molecule has 1 atom stereocenters. The number of carboxylic acids is 1. The molecular weight excluding hydrogens is 330 g/mol. The zero-order chi connectivity index (χ0) is 15.5. The van der Waals surface area contributed by atoms with Crippen LogP contribution in [0.15, 0.2) is 10.7 Å². The van der Waals surface area contributed by atoms with E-state index in [-0.39, 0.29) is 6.42 Å². The molecule has 0 aliphatic rings. The number of carbonyl (C=O) groups excluding carboxylic acids is 1. The number of hydrogen-bond acceptors (Lipinski definition) is 4. The summed E-state index contributed by atoms with van der Waals surface area (Å²) in [4.78, 5) is 22.7. The van der Waals surface area contributed by atoms with Crippen LogP contribution >= 0.6 is 15.9 Å². The van der Waals surface area contributed by atoms with Gasteiger partial charge in [-0.3, -0.25) is 9.48 Å². The first-order valence-corrected chi connectivity index (χ1v) is 6.78. The molecule has 112 valence electrons. The van der Waals surface area contributed by atoms with Crippen LogP contribution in [0.1, 0.15) is 38.9 Å². The van der Waals surface area contributed by atoms with Gasteiger partial charge in [0.2, 0.25) is 0 Å². The summed E-state index contributed by atoms with van der Waals surface area (Å²) in [6.07, 6.45) is -0.924. The zero-order valence-electron chi connectivity index (χ0n) is 11.8. The van der Waals surface area contributed by atoms with Crippen LogP contribution < -0.4 is 5.32 Å². The predicted octanol–water partition coefficient (Wildman–Crippen LogP) is 2.22. The lowest BCUT2D eigenvalue weighted by Gasteiger charge is -2.23. The van der Waals surface area contributed by atoms with Crippen molar-refractivity contribution in [1.82, 2.24) is 15.1 Å². The summed E-state index contributed by atoms with van der Waals surface area (Å²) in [6.45, 7) is 5.21. The van der Waals surface area contributed by atoms with Crippen molar-refractivity contribution in [2.45, 2.75) is 38.8 Å². The summed E-state index contributed by atoms with van der Waals surface area (Å²) in [7, 11) is 1.67. The molecule has 0 saturated carbocycles. The van der Waals surface area contributed by atoms with Gasteiger partial charge in [-0.2, -0.15) is 5.10 Å². The molecule has 1 amide bonds. The van der Waals surface area contributed by atoms with Crippen LogP contribution in [0, 0.1) is 0 Å². The Labute approximate surface area is 125 Å². The van der Waals surface area contributed by atoms with E-state index in [1.165, 1.54) is 4.68 Å². The molecule has 0 saturated heterocycles. The molecule has 2 N–H and O–H groups in total. The van der Waals surface area contributed by atoms with E-state index < -0.39 is 23.7 Å². The molecule has 20 heavy (non-hydrogen) atoms. The number of rotatable bonds is 4. The number of carboxylic acid groups (broad SMARTS) is 1. The summed E-state index contributed by atoms with van der Waals surface area (Å²) in [5, 5.41) is 15.6. The third kappa shape index (κ3) is 5.20. The number of amides is 1. The number of nitrogens with zero attached hydrogens (tertiary/aromatic N) is 2. The third-order valence-electron chi connectivity index (χ3n) is 2.31. The molecule has 0 aliphatic heterocycles. The van der Waals surface area contributed by atoms with Crippen molar-refractivity contribution in [3.63, 3.8) is 0 Å². The van der Waals surface area contributed by atoms with Gasteiger partial charge in [-0.1, -0.05) is 0 Å². The molecule has 0 radical (unpaired) electrons. The Morgan fingerprint density at radius 3 is 2.55 bits per heavy atom. The second-order valence-corrected chi connectivity index (χ2v) is 6.12. The quantitative estimate of drug-likeness (QED) is 0.870. The van der Waals surface area contributed by atoms with Gasteiger partial charge in [0, 0.05) is 7.05 Å². The van der Waals surface area contributed by atoms with Gasteiger partial charge in [-0.15, -0.1) is 0 Å². The minimum Gasteiger partial charge on any atom is -0.481 e. The molecule has 0 aromatic carbocycles. The van der Waals surface area contributed by atoms with Crippen molar-refractivity contribution in [3.05, 3.63) is 16.4 Å². The lowest BCUT2D eigenvalue weighted by atomic mass is 10.1. The van der Waals surface area contributed by atoms with E-state index in [1.54, 1.807) is 33.9 Å². The molecule has 0 bridgehead atoms. The van der Waals surface area contributed by atoms with Gasteiger partial charge in [-0.05, 0) is 42.8 Å². The normalized spacial score (nSPS) is 12.8. The van der Waals surface area contributed by atoms with Gasteiger partial charge in [-0.25, -0.2) is 4.79 Å². The number of ether oxygens (including phenoxy) is 1. The number of carbonyl (C=O) groups is 2. The first-order chi connectivity index (χ1) is 9.08. The second kappa shape index (κ2) is 6.25. The topological polar surface area (TPSA) is 93.5 Å². The summed E-state index contributed by atoms with van der Waals surface area (Å²) < 4.78 is 7.21. The van der Waals surface area contributed by atoms with Crippen molar-refractivity contribution in [2.24, 2.45) is 7.05 Å².